The number of nitrogens with zero attached hydrogens (tertiary/aromatic N) is 1. The van der Waals surface area contributed by atoms with Crippen LogP contribution in [0.5, 0.6) is 11.5 Å². The molecule has 2 aromatic heterocycles. The van der Waals surface area contributed by atoms with Gasteiger partial charge >= 0.3 is 0 Å². The second kappa shape index (κ2) is 6.88. The molecule has 3 N–H and O–H groups in total. The zero-order valence-electron chi connectivity index (χ0n) is 13.3. The minimum atomic E-state index is -0.490. The molecule has 0 spiro atoms. The Morgan fingerprint density at radius 3 is 2.64 bits per heavy atom. The molecule has 25 heavy (non-hydrogen) atoms. The fourth-order valence-electron chi connectivity index (χ4n) is 2.30. The number of phenols is 1. The van der Waals surface area contributed by atoms with Crippen LogP contribution in [-0.4, -0.2) is 28.1 Å². The molecule has 0 radical (unpaired) electrons. The molecule has 0 saturated heterocycles. The summed E-state index contributed by atoms with van der Waals surface area (Å²) < 4.78 is 4.98. The van der Waals surface area contributed by atoms with E-state index in [9.17, 15) is 14.7 Å². The zero-order valence-corrected chi connectivity index (χ0v) is 13.3. The van der Waals surface area contributed by atoms with E-state index in [1.54, 1.807) is 36.8 Å². The van der Waals surface area contributed by atoms with Crippen molar-refractivity contribution in [2.24, 2.45) is 0 Å². The number of aromatic nitrogens is 2. The highest BCUT2D eigenvalue weighted by atomic mass is 16.5. The predicted molar refractivity (Wildman–Crippen MR) is 92.9 cm³/mol. The van der Waals surface area contributed by atoms with Gasteiger partial charge in [-0.05, 0) is 42.0 Å². The van der Waals surface area contributed by atoms with Crippen LogP contribution < -0.4 is 15.6 Å². The molecule has 0 aliphatic carbocycles. The number of aromatic amines is 1. The largest absolute Gasteiger partial charge is 0.504 e. The molecule has 0 unspecified atom stereocenters. The van der Waals surface area contributed by atoms with Gasteiger partial charge in [0.15, 0.2) is 11.5 Å². The number of phenolic OH excluding ortho intramolecular Hbond substituents is 1. The Hall–Kier alpha value is -3.61. The van der Waals surface area contributed by atoms with Gasteiger partial charge in [0, 0.05) is 29.7 Å². The molecule has 0 atom stereocenters. The lowest BCUT2D eigenvalue weighted by Crippen LogP contribution is -2.19. The van der Waals surface area contributed by atoms with E-state index in [1.165, 1.54) is 25.3 Å². The third-order valence-corrected chi connectivity index (χ3v) is 3.61. The molecule has 7 nitrogen and oxygen atoms in total. The average molecular weight is 337 g/mol. The Balaban J connectivity index is 1.90. The highest BCUT2D eigenvalue weighted by molar-refractivity contribution is 6.04. The highest BCUT2D eigenvalue weighted by Crippen LogP contribution is 2.26. The van der Waals surface area contributed by atoms with Crippen LogP contribution in [0.4, 0.5) is 5.69 Å². The Kier molecular flexibility index (Phi) is 4.47. The topological polar surface area (TPSA) is 104 Å². The van der Waals surface area contributed by atoms with E-state index < -0.39 is 11.5 Å². The monoisotopic (exact) mass is 337 g/mol. The lowest BCUT2D eigenvalue weighted by Gasteiger charge is -2.09. The SMILES string of the molecule is COc1cc(C(=O)Nc2cc(-c3ccncc3)c[nH]c2=O)ccc1O. The second-order valence-corrected chi connectivity index (χ2v) is 5.21. The smallest absolute Gasteiger partial charge is 0.271 e. The molecular weight excluding hydrogens is 322 g/mol. The van der Waals surface area contributed by atoms with Gasteiger partial charge in [-0.2, -0.15) is 0 Å². The van der Waals surface area contributed by atoms with Crippen molar-refractivity contribution in [3.05, 3.63) is 70.9 Å². The number of rotatable bonds is 4. The number of hydrogen-bond acceptors (Lipinski definition) is 5. The number of nitrogens with one attached hydrogen (secondary N) is 2. The molecule has 2 heterocycles. The summed E-state index contributed by atoms with van der Waals surface area (Å²) in [4.78, 5) is 30.9. The van der Waals surface area contributed by atoms with Crippen LogP contribution in [0, 0.1) is 0 Å². The summed E-state index contributed by atoms with van der Waals surface area (Å²) in [5.41, 5.74) is 1.54. The molecule has 1 amide bonds. The number of methoxy groups -OCH3 is 1. The summed E-state index contributed by atoms with van der Waals surface area (Å²) in [5.74, 6) is -0.389. The summed E-state index contributed by atoms with van der Waals surface area (Å²) in [5, 5.41) is 12.2. The van der Waals surface area contributed by atoms with Gasteiger partial charge in [0.2, 0.25) is 0 Å². The summed E-state index contributed by atoms with van der Waals surface area (Å²) in [6.45, 7) is 0. The fraction of sp³-hybridized carbons (Fsp3) is 0.0556. The van der Waals surface area contributed by atoms with Crippen LogP contribution in [0.25, 0.3) is 11.1 Å². The number of hydrogen-bond donors (Lipinski definition) is 3. The van der Waals surface area contributed by atoms with Crippen LogP contribution in [0.1, 0.15) is 10.4 Å². The van der Waals surface area contributed by atoms with E-state index in [2.05, 4.69) is 15.3 Å². The Morgan fingerprint density at radius 1 is 1.16 bits per heavy atom. The van der Waals surface area contributed by atoms with Gasteiger partial charge in [-0.25, -0.2) is 0 Å². The van der Waals surface area contributed by atoms with Crippen LogP contribution >= 0.6 is 0 Å². The number of carbonyl (C=O) groups is 1. The minimum absolute atomic E-state index is 0.0726. The van der Waals surface area contributed by atoms with E-state index in [-0.39, 0.29) is 22.7 Å². The van der Waals surface area contributed by atoms with Gasteiger partial charge in [-0.15, -0.1) is 0 Å². The number of pyridine rings is 2. The maximum Gasteiger partial charge on any atom is 0.271 e. The first kappa shape index (κ1) is 16.3. The molecule has 0 fully saturated rings. The fourth-order valence-corrected chi connectivity index (χ4v) is 2.30. The number of anilines is 1. The molecule has 0 aliphatic heterocycles. The molecule has 0 aliphatic rings. The number of benzene rings is 1. The van der Waals surface area contributed by atoms with Gasteiger partial charge in [-0.1, -0.05) is 0 Å². The molecule has 0 bridgehead atoms. The summed E-state index contributed by atoms with van der Waals surface area (Å²) >= 11 is 0. The molecule has 3 rings (SSSR count). The molecule has 126 valence electrons. The molecule has 7 heteroatoms. The third kappa shape index (κ3) is 3.50. The normalized spacial score (nSPS) is 10.3. The van der Waals surface area contributed by atoms with Crippen molar-refractivity contribution in [2.45, 2.75) is 0 Å². The molecule has 0 saturated carbocycles. The summed E-state index contributed by atoms with van der Waals surface area (Å²) in [6.07, 6.45) is 4.85. The van der Waals surface area contributed by atoms with Gasteiger partial charge in [0.1, 0.15) is 5.69 Å². The first-order valence-corrected chi connectivity index (χ1v) is 7.40. The molecule has 1 aromatic carbocycles. The van der Waals surface area contributed by atoms with Crippen LogP contribution in [-0.2, 0) is 0 Å². The van der Waals surface area contributed by atoms with Crippen molar-refractivity contribution in [1.82, 2.24) is 9.97 Å². The lowest BCUT2D eigenvalue weighted by atomic mass is 10.1. The molecular formula is C18H15N3O4. The number of carbonyl (C=O) groups excluding carboxylic acids is 1. The van der Waals surface area contributed by atoms with E-state index in [1.807, 2.05) is 0 Å². The minimum Gasteiger partial charge on any atom is -0.504 e. The van der Waals surface area contributed by atoms with E-state index in [0.717, 1.165) is 11.1 Å². The van der Waals surface area contributed by atoms with Crippen LogP contribution in [0.2, 0.25) is 0 Å². The summed E-state index contributed by atoms with van der Waals surface area (Å²) in [6, 6.07) is 9.36. The second-order valence-electron chi connectivity index (χ2n) is 5.21. The third-order valence-electron chi connectivity index (χ3n) is 3.61. The van der Waals surface area contributed by atoms with Gasteiger partial charge < -0.3 is 20.1 Å². The van der Waals surface area contributed by atoms with Gasteiger partial charge in [0.25, 0.3) is 11.5 Å². The highest BCUT2D eigenvalue weighted by Gasteiger charge is 2.12. The zero-order chi connectivity index (χ0) is 17.8. The lowest BCUT2D eigenvalue weighted by molar-refractivity contribution is 0.102. The summed E-state index contributed by atoms with van der Waals surface area (Å²) in [7, 11) is 1.39. The molecule has 3 aromatic rings. The number of amides is 1. The van der Waals surface area contributed by atoms with Crippen LogP contribution in [0.3, 0.4) is 0 Å². The Morgan fingerprint density at radius 2 is 1.92 bits per heavy atom. The number of aromatic hydroxyl groups is 1. The maximum atomic E-state index is 12.4. The van der Waals surface area contributed by atoms with Crippen molar-refractivity contribution in [2.75, 3.05) is 12.4 Å². The van der Waals surface area contributed by atoms with E-state index in [4.69, 9.17) is 4.74 Å². The van der Waals surface area contributed by atoms with Crippen molar-refractivity contribution in [3.63, 3.8) is 0 Å². The Bertz CT molecular complexity index is 968. The predicted octanol–water partition coefficient (Wildman–Crippen LogP) is 2.40. The van der Waals surface area contributed by atoms with Gasteiger partial charge in [-0.3, -0.25) is 14.6 Å². The van der Waals surface area contributed by atoms with E-state index in [0.29, 0.717) is 0 Å². The first-order valence-electron chi connectivity index (χ1n) is 7.40. The quantitative estimate of drug-likeness (QED) is 0.678. The first-order chi connectivity index (χ1) is 12.1. The van der Waals surface area contributed by atoms with Crippen molar-refractivity contribution >= 4 is 11.6 Å². The number of H-pyrrole nitrogens is 1. The maximum absolute atomic E-state index is 12.4. The standard InChI is InChI=1S/C18H15N3O4/c1-25-16-9-12(2-3-15(16)22)17(23)21-14-8-13(10-20-18(14)24)11-4-6-19-7-5-11/h2-10,22H,1H3,(H,20,24)(H,21,23). The van der Waals surface area contributed by atoms with Crippen molar-refractivity contribution < 1.29 is 14.6 Å². The van der Waals surface area contributed by atoms with Crippen molar-refractivity contribution in [1.29, 1.82) is 0 Å². The van der Waals surface area contributed by atoms with Gasteiger partial charge in [0.05, 0.1) is 7.11 Å². The van der Waals surface area contributed by atoms with E-state index >= 15 is 0 Å². The van der Waals surface area contributed by atoms with Crippen molar-refractivity contribution in [3.8, 4) is 22.6 Å². The van der Waals surface area contributed by atoms with Crippen LogP contribution in [0.15, 0.2) is 59.8 Å². The Labute approximate surface area is 142 Å². The average Bonchev–Trinajstić information content (AvgIpc) is 2.64. The number of ether oxygens (including phenoxy) is 1.